The molecule has 27 heavy (non-hydrogen) atoms. The van der Waals surface area contributed by atoms with E-state index in [4.69, 9.17) is 4.52 Å². The van der Waals surface area contributed by atoms with E-state index in [1.54, 1.807) is 19.2 Å². The monoisotopic (exact) mass is 369 g/mol. The van der Waals surface area contributed by atoms with Crippen molar-refractivity contribution in [2.45, 2.75) is 52.0 Å². The number of aromatic amines is 1. The second-order valence-corrected chi connectivity index (χ2v) is 7.11. The summed E-state index contributed by atoms with van der Waals surface area (Å²) in [5.41, 5.74) is 2.72. The minimum Gasteiger partial charge on any atom is -0.361 e. The highest BCUT2D eigenvalue weighted by Crippen LogP contribution is 2.31. The summed E-state index contributed by atoms with van der Waals surface area (Å²) in [5.74, 6) is 0.798. The predicted molar refractivity (Wildman–Crippen MR) is 98.4 cm³/mol. The van der Waals surface area contributed by atoms with Gasteiger partial charge >= 0.3 is 0 Å². The highest BCUT2D eigenvalue weighted by molar-refractivity contribution is 5.77. The van der Waals surface area contributed by atoms with E-state index >= 15 is 0 Å². The van der Waals surface area contributed by atoms with Gasteiger partial charge in [-0.2, -0.15) is 0 Å². The molecule has 1 N–H and O–H groups in total. The van der Waals surface area contributed by atoms with Gasteiger partial charge in [-0.05, 0) is 33.1 Å². The smallest absolute Gasteiger partial charge is 0.275 e. The summed E-state index contributed by atoms with van der Waals surface area (Å²) >= 11 is 0. The van der Waals surface area contributed by atoms with Gasteiger partial charge in [-0.15, -0.1) is 0 Å². The standard InChI is InChI=1S/C19H23N5O3/c1-12-13(2)21-17-11-15(22-24(17)19(12)26)16-5-3-4-10-23(16)18(25)7-6-14-8-9-20-27-14/h8-9,11,16,22H,3-7,10H2,1-2H3. The van der Waals surface area contributed by atoms with Gasteiger partial charge in [0.2, 0.25) is 5.91 Å². The largest absolute Gasteiger partial charge is 0.361 e. The molecule has 1 unspecified atom stereocenters. The van der Waals surface area contributed by atoms with Crippen molar-refractivity contribution in [3.8, 4) is 0 Å². The zero-order chi connectivity index (χ0) is 19.0. The molecule has 4 heterocycles. The number of nitrogens with one attached hydrogen (secondary N) is 1. The lowest BCUT2D eigenvalue weighted by Crippen LogP contribution is -2.38. The first-order valence-corrected chi connectivity index (χ1v) is 9.32. The van der Waals surface area contributed by atoms with Crippen LogP contribution in [0.25, 0.3) is 5.65 Å². The number of rotatable bonds is 4. The molecular weight excluding hydrogens is 346 g/mol. The molecule has 142 valence electrons. The van der Waals surface area contributed by atoms with Crippen LogP contribution >= 0.6 is 0 Å². The number of hydrogen-bond donors (Lipinski definition) is 1. The minimum atomic E-state index is -0.0947. The Balaban J connectivity index is 1.60. The van der Waals surface area contributed by atoms with Gasteiger partial charge in [-0.3, -0.25) is 14.7 Å². The Labute approximate surface area is 156 Å². The second-order valence-electron chi connectivity index (χ2n) is 7.11. The van der Waals surface area contributed by atoms with Gasteiger partial charge in [0, 0.05) is 42.8 Å². The van der Waals surface area contributed by atoms with Gasteiger partial charge in [-0.1, -0.05) is 5.16 Å². The highest BCUT2D eigenvalue weighted by atomic mass is 16.5. The van der Waals surface area contributed by atoms with E-state index in [0.29, 0.717) is 29.8 Å². The molecule has 3 aromatic rings. The lowest BCUT2D eigenvalue weighted by molar-refractivity contribution is -0.135. The molecule has 0 spiro atoms. The number of likely N-dealkylation sites (tertiary alicyclic amines) is 1. The van der Waals surface area contributed by atoms with Crippen LogP contribution in [0.3, 0.4) is 0 Å². The SMILES string of the molecule is Cc1nc2cc(C3CCCCN3C(=O)CCc3ccno3)[nH]n2c(=O)c1C. The van der Waals surface area contributed by atoms with Crippen LogP contribution in [-0.2, 0) is 11.2 Å². The average Bonchev–Trinajstić information content (AvgIpc) is 3.34. The fraction of sp³-hybridized carbons (Fsp3) is 0.474. The predicted octanol–water partition coefficient (Wildman–Crippen LogP) is 2.31. The third-order valence-electron chi connectivity index (χ3n) is 5.36. The summed E-state index contributed by atoms with van der Waals surface area (Å²) < 4.78 is 6.56. The Bertz CT molecular complexity index is 1020. The van der Waals surface area contributed by atoms with Gasteiger partial charge in [0.15, 0.2) is 5.65 Å². The normalized spacial score (nSPS) is 17.6. The number of hydrogen-bond acceptors (Lipinski definition) is 5. The number of carbonyl (C=O) groups is 1. The Hall–Kier alpha value is -2.90. The molecule has 1 amide bonds. The fourth-order valence-electron chi connectivity index (χ4n) is 3.71. The molecule has 4 rings (SSSR count). The average molecular weight is 369 g/mol. The number of nitrogens with zero attached hydrogens (tertiary/aromatic N) is 4. The Kier molecular flexibility index (Phi) is 4.55. The highest BCUT2D eigenvalue weighted by Gasteiger charge is 2.29. The van der Waals surface area contributed by atoms with Gasteiger partial charge in [0.1, 0.15) is 5.76 Å². The van der Waals surface area contributed by atoms with E-state index in [1.165, 1.54) is 4.52 Å². The first-order chi connectivity index (χ1) is 13.0. The number of aryl methyl sites for hydroxylation is 2. The molecule has 8 heteroatoms. The van der Waals surface area contributed by atoms with Crippen molar-refractivity contribution in [2.75, 3.05) is 6.54 Å². The van der Waals surface area contributed by atoms with E-state index in [1.807, 2.05) is 17.9 Å². The Morgan fingerprint density at radius 1 is 1.37 bits per heavy atom. The lowest BCUT2D eigenvalue weighted by atomic mass is 9.98. The number of carbonyl (C=O) groups excluding carboxylic acids is 1. The maximum absolute atomic E-state index is 12.8. The summed E-state index contributed by atoms with van der Waals surface area (Å²) in [6.07, 6.45) is 5.40. The van der Waals surface area contributed by atoms with Crippen molar-refractivity contribution in [3.05, 3.63) is 51.4 Å². The van der Waals surface area contributed by atoms with Gasteiger partial charge in [-0.25, -0.2) is 9.50 Å². The molecule has 0 radical (unpaired) electrons. The Morgan fingerprint density at radius 3 is 3.00 bits per heavy atom. The molecule has 1 fully saturated rings. The van der Waals surface area contributed by atoms with Crippen molar-refractivity contribution >= 4 is 11.6 Å². The zero-order valence-corrected chi connectivity index (χ0v) is 15.6. The maximum atomic E-state index is 12.8. The molecule has 1 aliphatic rings. The van der Waals surface area contributed by atoms with E-state index in [2.05, 4.69) is 15.2 Å². The third kappa shape index (κ3) is 3.27. The maximum Gasteiger partial charge on any atom is 0.275 e. The summed E-state index contributed by atoms with van der Waals surface area (Å²) in [4.78, 5) is 31.7. The van der Waals surface area contributed by atoms with Crippen molar-refractivity contribution in [3.63, 3.8) is 0 Å². The molecule has 0 aromatic carbocycles. The molecule has 0 bridgehead atoms. The second kappa shape index (κ2) is 7.02. The van der Waals surface area contributed by atoms with Gasteiger partial charge in [0.05, 0.1) is 17.9 Å². The summed E-state index contributed by atoms with van der Waals surface area (Å²) in [5, 5.41) is 6.85. The number of H-pyrrole nitrogens is 1. The van der Waals surface area contributed by atoms with Crippen LogP contribution in [0.1, 0.15) is 54.4 Å². The first-order valence-electron chi connectivity index (χ1n) is 9.32. The summed E-state index contributed by atoms with van der Waals surface area (Å²) in [6.45, 7) is 4.33. The number of fused-ring (bicyclic) bond motifs is 1. The molecular formula is C19H23N5O3. The van der Waals surface area contributed by atoms with Crippen LogP contribution in [-0.4, -0.2) is 37.1 Å². The van der Waals surface area contributed by atoms with Gasteiger partial charge < -0.3 is 9.42 Å². The summed E-state index contributed by atoms with van der Waals surface area (Å²) in [7, 11) is 0. The third-order valence-corrected chi connectivity index (χ3v) is 5.36. The van der Waals surface area contributed by atoms with E-state index in [9.17, 15) is 9.59 Å². The molecule has 0 saturated carbocycles. The fourth-order valence-corrected chi connectivity index (χ4v) is 3.71. The number of piperidine rings is 1. The van der Waals surface area contributed by atoms with Crippen molar-refractivity contribution < 1.29 is 9.32 Å². The van der Waals surface area contributed by atoms with Crippen LogP contribution in [0.2, 0.25) is 0 Å². The van der Waals surface area contributed by atoms with E-state index in [-0.39, 0.29) is 17.5 Å². The lowest BCUT2D eigenvalue weighted by Gasteiger charge is -2.35. The Morgan fingerprint density at radius 2 is 2.22 bits per heavy atom. The summed E-state index contributed by atoms with van der Waals surface area (Å²) in [6, 6.07) is 3.60. The minimum absolute atomic E-state index is 0.0670. The molecule has 1 aliphatic heterocycles. The number of aromatic nitrogens is 4. The van der Waals surface area contributed by atoms with Crippen LogP contribution < -0.4 is 5.56 Å². The first kappa shape index (κ1) is 17.5. The topological polar surface area (TPSA) is 96.5 Å². The van der Waals surface area contributed by atoms with Crippen molar-refractivity contribution in [1.29, 1.82) is 0 Å². The van der Waals surface area contributed by atoms with Crippen LogP contribution in [0.4, 0.5) is 0 Å². The van der Waals surface area contributed by atoms with E-state index < -0.39 is 0 Å². The molecule has 0 aliphatic carbocycles. The van der Waals surface area contributed by atoms with Crippen molar-refractivity contribution in [2.24, 2.45) is 0 Å². The molecule has 8 nitrogen and oxygen atoms in total. The van der Waals surface area contributed by atoms with Gasteiger partial charge in [0.25, 0.3) is 5.56 Å². The quantitative estimate of drug-likeness (QED) is 0.761. The van der Waals surface area contributed by atoms with Crippen LogP contribution in [0, 0.1) is 13.8 Å². The molecule has 1 atom stereocenters. The number of amides is 1. The molecule has 3 aromatic heterocycles. The van der Waals surface area contributed by atoms with E-state index in [0.717, 1.165) is 37.2 Å². The van der Waals surface area contributed by atoms with Crippen molar-refractivity contribution in [1.82, 2.24) is 24.7 Å². The van der Waals surface area contributed by atoms with Crippen LogP contribution in [0.5, 0.6) is 0 Å². The molecule has 1 saturated heterocycles. The zero-order valence-electron chi connectivity index (χ0n) is 15.6. The van der Waals surface area contributed by atoms with Crippen LogP contribution in [0.15, 0.2) is 27.6 Å².